The largest absolute Gasteiger partial charge is 0.394 e. The summed E-state index contributed by atoms with van der Waals surface area (Å²) in [4.78, 5) is 60.4. The first kappa shape index (κ1) is 43.1. The van der Waals surface area contributed by atoms with Crippen molar-refractivity contribution in [2.24, 2.45) is 17.8 Å². The maximum atomic E-state index is 14.2. The minimum absolute atomic E-state index is 0.00715. The zero-order chi connectivity index (χ0) is 38.5. The highest BCUT2D eigenvalue weighted by atomic mass is 16.5. The van der Waals surface area contributed by atoms with Crippen LogP contribution in [0.25, 0.3) is 0 Å². The average Bonchev–Trinajstić information content (AvgIpc) is 3.63. The molecule has 3 rings (SSSR count). The highest BCUT2D eigenvalue weighted by Crippen LogP contribution is 2.30. The topological polar surface area (TPSA) is 153 Å². The second kappa shape index (κ2) is 20.8. The van der Waals surface area contributed by atoms with Gasteiger partial charge in [0, 0.05) is 53.5 Å². The second-order valence-electron chi connectivity index (χ2n) is 15.1. The molecule has 4 N–H and O–H groups in total. The van der Waals surface area contributed by atoms with Gasteiger partial charge in [0.25, 0.3) is 0 Å². The lowest BCUT2D eigenvalue weighted by Crippen LogP contribution is -2.61. The number of carbonyl (C=O) groups is 4. The highest BCUT2D eigenvalue weighted by Gasteiger charge is 2.43. The number of likely N-dealkylation sites (N-methyl/N-ethyl adjacent to an activating group) is 1. The van der Waals surface area contributed by atoms with Gasteiger partial charge in [0.05, 0.1) is 49.3 Å². The fourth-order valence-corrected chi connectivity index (χ4v) is 7.79. The van der Waals surface area contributed by atoms with E-state index in [4.69, 9.17) is 9.47 Å². The molecule has 2 aliphatic rings. The molecule has 0 saturated carbocycles. The molecule has 5 amide bonds. The minimum Gasteiger partial charge on any atom is -0.394 e. The average molecular weight is 731 g/mol. The van der Waals surface area contributed by atoms with Gasteiger partial charge in [0.15, 0.2) is 0 Å². The number of nitrogens with zero attached hydrogens (tertiary/aromatic N) is 3. The number of piperazine rings is 1. The molecule has 2 fully saturated rings. The monoisotopic (exact) mass is 730 g/mol. The van der Waals surface area contributed by atoms with E-state index >= 15 is 0 Å². The van der Waals surface area contributed by atoms with Crippen molar-refractivity contribution in [1.29, 1.82) is 0 Å². The predicted molar refractivity (Wildman–Crippen MR) is 201 cm³/mol. The standard InChI is InChI=1S/C39H66N6O7/c1-10-26(4)35(43(7)38(49)34(25(2)3)42-39(50)44-20-18-40-23-27(44)5)32(51-8)22-33(47)45-19-14-17-31(45)36(52-9)28(6)37(48)41-30(24-46)21-29-15-12-11-13-16-29/h11-13,15-16,25-28,30-32,34-36,40,46H,10,14,17-24H2,1-9H3,(H,41,48)(H,42,50)/t26-,27+,28+,30-,31-,32+,34-,35-,36+/m0/s1. The number of ether oxygens (including phenoxy) is 2. The molecular weight excluding hydrogens is 664 g/mol. The van der Waals surface area contributed by atoms with E-state index in [1.165, 1.54) is 0 Å². The Labute approximate surface area is 311 Å². The summed E-state index contributed by atoms with van der Waals surface area (Å²) < 4.78 is 11.9. The molecule has 294 valence electrons. The Morgan fingerprint density at radius 3 is 2.29 bits per heavy atom. The third-order valence-electron chi connectivity index (χ3n) is 11.1. The summed E-state index contributed by atoms with van der Waals surface area (Å²) in [6.45, 7) is 14.0. The number of hydrogen-bond acceptors (Lipinski definition) is 8. The van der Waals surface area contributed by atoms with Crippen LogP contribution in [0.4, 0.5) is 4.79 Å². The van der Waals surface area contributed by atoms with Gasteiger partial charge in [0.1, 0.15) is 6.04 Å². The summed E-state index contributed by atoms with van der Waals surface area (Å²) in [5, 5.41) is 19.3. The number of nitrogens with one attached hydrogen (secondary N) is 3. The summed E-state index contributed by atoms with van der Waals surface area (Å²) >= 11 is 0. The summed E-state index contributed by atoms with van der Waals surface area (Å²) in [6, 6.07) is 7.47. The molecule has 2 heterocycles. The molecule has 0 unspecified atom stereocenters. The quantitative estimate of drug-likeness (QED) is 0.180. The molecule has 13 nitrogen and oxygen atoms in total. The minimum atomic E-state index is -0.754. The van der Waals surface area contributed by atoms with Crippen molar-refractivity contribution < 1.29 is 33.8 Å². The number of urea groups is 1. The first-order valence-electron chi connectivity index (χ1n) is 19.1. The lowest BCUT2D eigenvalue weighted by molar-refractivity contribution is -0.147. The van der Waals surface area contributed by atoms with Crippen LogP contribution >= 0.6 is 0 Å². The number of aliphatic hydroxyl groups excluding tert-OH is 1. The lowest BCUT2D eigenvalue weighted by atomic mass is 9.89. The third-order valence-corrected chi connectivity index (χ3v) is 11.1. The van der Waals surface area contributed by atoms with Gasteiger partial charge in [-0.2, -0.15) is 0 Å². The molecule has 0 spiro atoms. The van der Waals surface area contributed by atoms with Gasteiger partial charge in [-0.15, -0.1) is 0 Å². The third kappa shape index (κ3) is 11.1. The number of benzene rings is 1. The summed E-state index contributed by atoms with van der Waals surface area (Å²) in [5.74, 6) is -1.36. The molecular formula is C39H66N6O7. The maximum absolute atomic E-state index is 14.2. The van der Waals surface area contributed by atoms with E-state index in [1.54, 1.807) is 42.9 Å². The fraction of sp³-hybridized carbons (Fsp3) is 0.744. The van der Waals surface area contributed by atoms with Gasteiger partial charge >= 0.3 is 6.03 Å². The number of amides is 5. The van der Waals surface area contributed by atoms with Crippen LogP contribution in [-0.4, -0.2) is 140 Å². The van der Waals surface area contributed by atoms with Gasteiger partial charge in [-0.05, 0) is 43.6 Å². The van der Waals surface area contributed by atoms with Crippen molar-refractivity contribution in [2.75, 3.05) is 54.1 Å². The van der Waals surface area contributed by atoms with Crippen LogP contribution in [0.1, 0.15) is 72.8 Å². The first-order chi connectivity index (χ1) is 24.8. The molecule has 1 aromatic rings. The maximum Gasteiger partial charge on any atom is 0.318 e. The highest BCUT2D eigenvalue weighted by molar-refractivity contribution is 5.88. The Hall–Kier alpha value is -3.26. The number of hydrogen-bond donors (Lipinski definition) is 4. The lowest BCUT2D eigenvalue weighted by Gasteiger charge is -2.41. The zero-order valence-corrected chi connectivity index (χ0v) is 33.0. The zero-order valence-electron chi connectivity index (χ0n) is 33.0. The van der Waals surface area contributed by atoms with Crippen LogP contribution < -0.4 is 16.0 Å². The van der Waals surface area contributed by atoms with Crippen LogP contribution in [0.2, 0.25) is 0 Å². The van der Waals surface area contributed by atoms with E-state index in [-0.39, 0.29) is 60.7 Å². The second-order valence-corrected chi connectivity index (χ2v) is 15.1. The number of methoxy groups -OCH3 is 2. The first-order valence-corrected chi connectivity index (χ1v) is 19.1. The fourth-order valence-electron chi connectivity index (χ4n) is 7.79. The summed E-state index contributed by atoms with van der Waals surface area (Å²) in [7, 11) is 4.87. The summed E-state index contributed by atoms with van der Waals surface area (Å²) in [5.41, 5.74) is 1.01. The van der Waals surface area contributed by atoms with Gasteiger partial charge < -0.3 is 45.2 Å². The van der Waals surface area contributed by atoms with Crippen molar-refractivity contribution in [3.8, 4) is 0 Å². The van der Waals surface area contributed by atoms with Crippen LogP contribution in [0.15, 0.2) is 30.3 Å². The molecule has 13 heteroatoms. The van der Waals surface area contributed by atoms with Crippen LogP contribution in [0.5, 0.6) is 0 Å². The molecule has 9 atom stereocenters. The molecule has 1 aromatic carbocycles. The smallest absolute Gasteiger partial charge is 0.318 e. The van der Waals surface area contributed by atoms with E-state index in [0.717, 1.165) is 18.4 Å². The van der Waals surface area contributed by atoms with Crippen molar-refractivity contribution in [3.63, 3.8) is 0 Å². The number of rotatable bonds is 18. The van der Waals surface area contributed by atoms with Crippen LogP contribution in [0.3, 0.4) is 0 Å². The van der Waals surface area contributed by atoms with Crippen molar-refractivity contribution in [3.05, 3.63) is 35.9 Å². The van der Waals surface area contributed by atoms with E-state index in [0.29, 0.717) is 39.0 Å². The van der Waals surface area contributed by atoms with Crippen LogP contribution in [0, 0.1) is 17.8 Å². The van der Waals surface area contributed by atoms with E-state index < -0.39 is 36.3 Å². The van der Waals surface area contributed by atoms with E-state index in [2.05, 4.69) is 16.0 Å². The Balaban J connectivity index is 1.74. The molecule has 2 saturated heterocycles. The molecule has 0 radical (unpaired) electrons. The van der Waals surface area contributed by atoms with Crippen molar-refractivity contribution in [1.82, 2.24) is 30.7 Å². The Bertz CT molecular complexity index is 1280. The van der Waals surface area contributed by atoms with E-state index in [1.807, 2.05) is 65.0 Å². The number of carbonyl (C=O) groups excluding carboxylic acids is 4. The van der Waals surface area contributed by atoms with Crippen LogP contribution in [-0.2, 0) is 30.3 Å². The molecule has 2 aliphatic heterocycles. The predicted octanol–water partition coefficient (Wildman–Crippen LogP) is 2.65. The van der Waals surface area contributed by atoms with Gasteiger partial charge in [-0.3, -0.25) is 14.4 Å². The Morgan fingerprint density at radius 1 is 1.02 bits per heavy atom. The van der Waals surface area contributed by atoms with Gasteiger partial charge in [0.2, 0.25) is 17.7 Å². The SMILES string of the molecule is CC[C@H](C)[C@@H]([C@@H](CC(=O)N1CCC[C@H]1[C@H](OC)[C@@H](C)C(=O)N[C@H](CO)Cc1ccccc1)OC)N(C)C(=O)[C@@H](NC(=O)N1CCNC[C@H]1C)C(C)C. The molecule has 52 heavy (non-hydrogen) atoms. The van der Waals surface area contributed by atoms with Crippen molar-refractivity contribution in [2.45, 2.75) is 116 Å². The Morgan fingerprint density at radius 2 is 1.71 bits per heavy atom. The number of likely N-dealkylation sites (tertiary alicyclic amines) is 1. The molecule has 0 aliphatic carbocycles. The van der Waals surface area contributed by atoms with Gasteiger partial charge in [-0.1, -0.05) is 71.4 Å². The number of aliphatic hydroxyl groups is 1. The van der Waals surface area contributed by atoms with Crippen molar-refractivity contribution >= 4 is 23.8 Å². The normalized spacial score (nSPS) is 21.8. The molecule has 0 bridgehead atoms. The summed E-state index contributed by atoms with van der Waals surface area (Å²) in [6.07, 6.45) is 1.56. The van der Waals surface area contributed by atoms with E-state index in [9.17, 15) is 24.3 Å². The molecule has 0 aromatic heterocycles. The van der Waals surface area contributed by atoms with Gasteiger partial charge in [-0.25, -0.2) is 4.79 Å². The Kier molecular flexibility index (Phi) is 17.3.